The SMILES string of the molecule is CC(=O)Nc1ccc(NC(=O)CC2(N)CCC2)cc1Cl. The van der Waals surface area contributed by atoms with Crippen LogP contribution in [0.25, 0.3) is 0 Å². The van der Waals surface area contributed by atoms with Gasteiger partial charge in [0, 0.05) is 24.6 Å². The molecule has 2 rings (SSSR count). The minimum Gasteiger partial charge on any atom is -0.326 e. The third-order valence-electron chi connectivity index (χ3n) is 3.43. The molecule has 1 aliphatic rings. The number of carbonyl (C=O) groups is 2. The molecule has 108 valence electrons. The lowest BCUT2D eigenvalue weighted by Gasteiger charge is -2.37. The highest BCUT2D eigenvalue weighted by Gasteiger charge is 2.34. The summed E-state index contributed by atoms with van der Waals surface area (Å²) in [5, 5.41) is 5.76. The van der Waals surface area contributed by atoms with E-state index in [1.807, 2.05) is 0 Å². The van der Waals surface area contributed by atoms with Crippen molar-refractivity contribution >= 4 is 34.8 Å². The Bertz CT molecular complexity index is 541. The van der Waals surface area contributed by atoms with E-state index < -0.39 is 0 Å². The van der Waals surface area contributed by atoms with Gasteiger partial charge in [-0.15, -0.1) is 0 Å². The molecule has 2 amide bonds. The molecule has 1 aliphatic carbocycles. The van der Waals surface area contributed by atoms with Crippen LogP contribution in [0.3, 0.4) is 0 Å². The number of rotatable bonds is 4. The van der Waals surface area contributed by atoms with Crippen LogP contribution in [0.4, 0.5) is 11.4 Å². The highest BCUT2D eigenvalue weighted by atomic mass is 35.5. The second-order valence-corrected chi connectivity index (χ2v) is 5.72. The normalized spacial score (nSPS) is 16.1. The van der Waals surface area contributed by atoms with E-state index in [0.29, 0.717) is 22.8 Å². The monoisotopic (exact) mass is 295 g/mol. The quantitative estimate of drug-likeness (QED) is 0.798. The van der Waals surface area contributed by atoms with E-state index in [-0.39, 0.29) is 17.4 Å². The second kappa shape index (κ2) is 5.81. The number of nitrogens with one attached hydrogen (secondary N) is 2. The largest absolute Gasteiger partial charge is 0.326 e. The van der Waals surface area contributed by atoms with Crippen molar-refractivity contribution in [3.8, 4) is 0 Å². The average Bonchev–Trinajstić information content (AvgIpc) is 2.30. The molecule has 1 aromatic carbocycles. The lowest BCUT2D eigenvalue weighted by atomic mass is 9.75. The standard InChI is InChI=1S/C14H18ClN3O2/c1-9(19)17-12-4-3-10(7-11(12)15)18-13(20)8-14(16)5-2-6-14/h3-4,7H,2,5-6,8,16H2,1H3,(H,17,19)(H,18,20). The van der Waals surface area contributed by atoms with Crippen molar-refractivity contribution in [1.82, 2.24) is 0 Å². The van der Waals surface area contributed by atoms with Gasteiger partial charge in [0.25, 0.3) is 0 Å². The van der Waals surface area contributed by atoms with E-state index in [9.17, 15) is 9.59 Å². The van der Waals surface area contributed by atoms with Crippen molar-refractivity contribution in [1.29, 1.82) is 0 Å². The fraction of sp³-hybridized carbons (Fsp3) is 0.429. The van der Waals surface area contributed by atoms with Gasteiger partial charge >= 0.3 is 0 Å². The Balaban J connectivity index is 1.97. The zero-order chi connectivity index (χ0) is 14.8. The molecular weight excluding hydrogens is 278 g/mol. The molecule has 0 bridgehead atoms. The smallest absolute Gasteiger partial charge is 0.226 e. The summed E-state index contributed by atoms with van der Waals surface area (Å²) in [6.45, 7) is 1.41. The van der Waals surface area contributed by atoms with Crippen LogP contribution in [0.1, 0.15) is 32.6 Å². The maximum atomic E-state index is 11.9. The van der Waals surface area contributed by atoms with Gasteiger partial charge in [0.15, 0.2) is 0 Å². The molecule has 0 aromatic heterocycles. The Morgan fingerprint density at radius 1 is 1.35 bits per heavy atom. The molecule has 5 nitrogen and oxygen atoms in total. The van der Waals surface area contributed by atoms with Crippen LogP contribution in [0, 0.1) is 0 Å². The van der Waals surface area contributed by atoms with Gasteiger partial charge in [-0.2, -0.15) is 0 Å². The van der Waals surface area contributed by atoms with Gasteiger partial charge < -0.3 is 16.4 Å². The number of hydrogen-bond donors (Lipinski definition) is 3. The van der Waals surface area contributed by atoms with Gasteiger partial charge in [0.2, 0.25) is 11.8 Å². The van der Waals surface area contributed by atoms with E-state index in [0.717, 1.165) is 19.3 Å². The van der Waals surface area contributed by atoms with E-state index >= 15 is 0 Å². The fourth-order valence-corrected chi connectivity index (χ4v) is 2.44. The zero-order valence-electron chi connectivity index (χ0n) is 11.3. The molecule has 0 radical (unpaired) electrons. The highest BCUT2D eigenvalue weighted by molar-refractivity contribution is 6.34. The lowest BCUT2D eigenvalue weighted by Crippen LogP contribution is -2.48. The number of amides is 2. The van der Waals surface area contributed by atoms with Gasteiger partial charge in [-0.25, -0.2) is 0 Å². The van der Waals surface area contributed by atoms with Crippen LogP contribution in [0.2, 0.25) is 5.02 Å². The molecule has 0 atom stereocenters. The van der Waals surface area contributed by atoms with Gasteiger partial charge in [0.05, 0.1) is 10.7 Å². The average molecular weight is 296 g/mol. The van der Waals surface area contributed by atoms with Crippen molar-refractivity contribution in [3.05, 3.63) is 23.2 Å². The summed E-state index contributed by atoms with van der Waals surface area (Å²) >= 11 is 6.04. The summed E-state index contributed by atoms with van der Waals surface area (Å²) in [4.78, 5) is 22.9. The Morgan fingerprint density at radius 2 is 2.05 bits per heavy atom. The van der Waals surface area contributed by atoms with Gasteiger partial charge in [-0.1, -0.05) is 11.6 Å². The molecule has 0 aliphatic heterocycles. The molecule has 6 heteroatoms. The number of hydrogen-bond acceptors (Lipinski definition) is 3. The van der Waals surface area contributed by atoms with Gasteiger partial charge in [-0.3, -0.25) is 9.59 Å². The van der Waals surface area contributed by atoms with Crippen molar-refractivity contribution < 1.29 is 9.59 Å². The van der Waals surface area contributed by atoms with Crippen molar-refractivity contribution in [2.24, 2.45) is 5.73 Å². The third-order valence-corrected chi connectivity index (χ3v) is 3.74. The Hall–Kier alpha value is -1.59. The van der Waals surface area contributed by atoms with Crippen molar-refractivity contribution in [2.45, 2.75) is 38.1 Å². The lowest BCUT2D eigenvalue weighted by molar-refractivity contribution is -0.118. The topological polar surface area (TPSA) is 84.2 Å². The predicted molar refractivity (Wildman–Crippen MR) is 79.8 cm³/mol. The van der Waals surface area contributed by atoms with E-state index in [1.54, 1.807) is 18.2 Å². The molecule has 0 saturated heterocycles. The Labute approximate surface area is 122 Å². The molecule has 1 saturated carbocycles. The summed E-state index contributed by atoms with van der Waals surface area (Å²) in [6, 6.07) is 4.95. The minimum atomic E-state index is -0.343. The summed E-state index contributed by atoms with van der Waals surface area (Å²) in [5.41, 5.74) is 6.80. The predicted octanol–water partition coefficient (Wildman–Crippen LogP) is 2.51. The second-order valence-electron chi connectivity index (χ2n) is 5.32. The first kappa shape index (κ1) is 14.8. The molecule has 1 aromatic rings. The van der Waals surface area contributed by atoms with Gasteiger partial charge in [0.1, 0.15) is 0 Å². The summed E-state index contributed by atoms with van der Waals surface area (Å²) in [6.07, 6.45) is 3.18. The maximum absolute atomic E-state index is 11.9. The summed E-state index contributed by atoms with van der Waals surface area (Å²) < 4.78 is 0. The number of anilines is 2. The van der Waals surface area contributed by atoms with E-state index in [4.69, 9.17) is 17.3 Å². The number of halogens is 1. The fourth-order valence-electron chi connectivity index (χ4n) is 2.22. The van der Waals surface area contributed by atoms with Gasteiger partial charge in [-0.05, 0) is 37.5 Å². The molecule has 0 heterocycles. The van der Waals surface area contributed by atoms with E-state index in [2.05, 4.69) is 10.6 Å². The Morgan fingerprint density at radius 3 is 2.55 bits per heavy atom. The maximum Gasteiger partial charge on any atom is 0.226 e. The van der Waals surface area contributed by atoms with Crippen LogP contribution in [-0.2, 0) is 9.59 Å². The van der Waals surface area contributed by atoms with E-state index in [1.165, 1.54) is 6.92 Å². The van der Waals surface area contributed by atoms with Crippen molar-refractivity contribution in [2.75, 3.05) is 10.6 Å². The first-order valence-electron chi connectivity index (χ1n) is 6.54. The molecule has 0 spiro atoms. The first-order chi connectivity index (χ1) is 9.38. The first-order valence-corrected chi connectivity index (χ1v) is 6.92. The third kappa shape index (κ3) is 3.71. The molecule has 0 unspecified atom stereocenters. The van der Waals surface area contributed by atoms with Crippen molar-refractivity contribution in [3.63, 3.8) is 0 Å². The number of carbonyl (C=O) groups excluding carboxylic acids is 2. The van der Waals surface area contributed by atoms with Crippen LogP contribution < -0.4 is 16.4 Å². The van der Waals surface area contributed by atoms with Crippen LogP contribution in [0.5, 0.6) is 0 Å². The van der Waals surface area contributed by atoms with Crippen LogP contribution in [-0.4, -0.2) is 17.4 Å². The number of benzene rings is 1. The minimum absolute atomic E-state index is 0.115. The molecule has 20 heavy (non-hydrogen) atoms. The summed E-state index contributed by atoms with van der Waals surface area (Å²) in [7, 11) is 0. The molecular formula is C14H18ClN3O2. The number of nitrogens with two attached hydrogens (primary N) is 1. The molecule has 1 fully saturated rings. The van der Waals surface area contributed by atoms with Crippen LogP contribution in [0.15, 0.2) is 18.2 Å². The Kier molecular flexibility index (Phi) is 4.30. The summed E-state index contributed by atoms with van der Waals surface area (Å²) in [5.74, 6) is -0.311. The zero-order valence-corrected chi connectivity index (χ0v) is 12.1. The van der Waals surface area contributed by atoms with Crippen LogP contribution >= 0.6 is 11.6 Å². The highest BCUT2D eigenvalue weighted by Crippen LogP contribution is 2.32. The molecule has 4 N–H and O–H groups in total.